The smallest absolute Gasteiger partial charge is 0.272 e. The Morgan fingerprint density at radius 3 is 2.88 bits per heavy atom. The molecule has 2 fully saturated rings. The Hall–Kier alpha value is -2.15. The number of carbonyl (C=O) groups excluding carboxylic acids is 1. The van der Waals surface area contributed by atoms with E-state index in [0.717, 1.165) is 44.9 Å². The van der Waals surface area contributed by atoms with Gasteiger partial charge in [0, 0.05) is 24.9 Å². The van der Waals surface area contributed by atoms with E-state index in [2.05, 4.69) is 10.1 Å². The number of nitrogens with two attached hydrogens (primary N) is 1. The summed E-state index contributed by atoms with van der Waals surface area (Å²) in [4.78, 5) is 31.8. The molecular weight excluding hydrogens is 306 g/mol. The maximum absolute atomic E-state index is 13.1. The van der Waals surface area contributed by atoms with Gasteiger partial charge in [-0.15, -0.1) is 0 Å². The van der Waals surface area contributed by atoms with Crippen LogP contribution in [-0.4, -0.2) is 37.5 Å². The van der Waals surface area contributed by atoms with Crippen LogP contribution in [0.5, 0.6) is 0 Å². The van der Waals surface area contributed by atoms with Gasteiger partial charge in [0.25, 0.3) is 5.56 Å². The van der Waals surface area contributed by atoms with E-state index < -0.39 is 5.54 Å². The first-order valence-corrected chi connectivity index (χ1v) is 8.76. The van der Waals surface area contributed by atoms with Gasteiger partial charge in [-0.1, -0.05) is 12.8 Å². The number of carbonyl (C=O) groups is 1. The second-order valence-electron chi connectivity index (χ2n) is 7.05. The van der Waals surface area contributed by atoms with Gasteiger partial charge in [0.1, 0.15) is 0 Å². The number of aromatic amines is 1. The van der Waals surface area contributed by atoms with Crippen LogP contribution in [0.2, 0.25) is 0 Å². The summed E-state index contributed by atoms with van der Waals surface area (Å²) in [5.74, 6) is 0.0285. The van der Waals surface area contributed by atoms with Crippen LogP contribution in [0.3, 0.4) is 0 Å². The molecule has 0 unspecified atom stereocenters. The minimum atomic E-state index is -0.733. The van der Waals surface area contributed by atoms with Crippen molar-refractivity contribution in [3.8, 4) is 0 Å². The van der Waals surface area contributed by atoms with Crippen molar-refractivity contribution in [2.75, 3.05) is 6.54 Å². The Morgan fingerprint density at radius 1 is 1.29 bits per heavy atom. The third kappa shape index (κ3) is 2.43. The van der Waals surface area contributed by atoms with Crippen molar-refractivity contribution in [1.29, 1.82) is 0 Å². The molecule has 1 amide bonds. The maximum atomic E-state index is 13.1. The van der Waals surface area contributed by atoms with Crippen LogP contribution < -0.4 is 11.3 Å². The van der Waals surface area contributed by atoms with Crippen LogP contribution in [0.1, 0.15) is 56.7 Å². The van der Waals surface area contributed by atoms with E-state index in [9.17, 15) is 9.59 Å². The molecule has 3 N–H and O–H groups in total. The van der Waals surface area contributed by atoms with E-state index >= 15 is 0 Å². The predicted octanol–water partition coefficient (Wildman–Crippen LogP) is 1.35. The summed E-state index contributed by atoms with van der Waals surface area (Å²) in [6.07, 6.45) is 8.04. The van der Waals surface area contributed by atoms with E-state index in [4.69, 9.17) is 5.73 Å². The molecule has 7 heteroatoms. The summed E-state index contributed by atoms with van der Waals surface area (Å²) >= 11 is 0. The van der Waals surface area contributed by atoms with Gasteiger partial charge in [0.05, 0.1) is 17.3 Å². The number of aromatic nitrogens is 3. The van der Waals surface area contributed by atoms with Crippen molar-refractivity contribution in [2.45, 2.75) is 56.5 Å². The zero-order valence-corrected chi connectivity index (χ0v) is 13.7. The van der Waals surface area contributed by atoms with Gasteiger partial charge in [0.15, 0.2) is 5.65 Å². The highest BCUT2D eigenvalue weighted by molar-refractivity contribution is 5.87. The summed E-state index contributed by atoms with van der Waals surface area (Å²) < 4.78 is 1.40. The zero-order valence-electron chi connectivity index (χ0n) is 13.7. The number of fused-ring (bicyclic) bond motifs is 1. The molecular formula is C17H23N5O2. The van der Waals surface area contributed by atoms with Crippen LogP contribution in [0.4, 0.5) is 0 Å². The number of hydrogen-bond donors (Lipinski definition) is 2. The molecule has 0 spiro atoms. The van der Waals surface area contributed by atoms with Gasteiger partial charge in [-0.05, 0) is 32.1 Å². The summed E-state index contributed by atoms with van der Waals surface area (Å²) in [6, 6.07) is 3.15. The van der Waals surface area contributed by atoms with E-state index in [0.29, 0.717) is 17.9 Å². The Morgan fingerprint density at radius 2 is 2.08 bits per heavy atom. The lowest BCUT2D eigenvalue weighted by molar-refractivity contribution is -0.141. The van der Waals surface area contributed by atoms with Crippen molar-refractivity contribution >= 4 is 11.6 Å². The molecule has 2 aliphatic rings. The Balaban J connectivity index is 1.70. The van der Waals surface area contributed by atoms with Crippen molar-refractivity contribution in [3.05, 3.63) is 34.4 Å². The molecule has 0 bridgehead atoms. The van der Waals surface area contributed by atoms with Gasteiger partial charge in [-0.25, -0.2) is 9.50 Å². The van der Waals surface area contributed by atoms with E-state index in [-0.39, 0.29) is 17.5 Å². The minimum Gasteiger partial charge on any atom is -0.332 e. The molecule has 0 aromatic carbocycles. The molecule has 1 saturated heterocycles. The Labute approximate surface area is 139 Å². The monoisotopic (exact) mass is 329 g/mol. The maximum Gasteiger partial charge on any atom is 0.272 e. The predicted molar refractivity (Wildman–Crippen MR) is 89.5 cm³/mol. The first-order valence-electron chi connectivity index (χ1n) is 8.76. The minimum absolute atomic E-state index is 0.0285. The molecule has 2 aromatic rings. The van der Waals surface area contributed by atoms with Gasteiger partial charge >= 0.3 is 0 Å². The molecule has 1 atom stereocenters. The van der Waals surface area contributed by atoms with Crippen LogP contribution in [0.15, 0.2) is 23.1 Å². The lowest BCUT2D eigenvalue weighted by Crippen LogP contribution is -2.55. The third-order valence-electron chi connectivity index (χ3n) is 5.43. The molecule has 3 heterocycles. The van der Waals surface area contributed by atoms with Crippen molar-refractivity contribution in [3.63, 3.8) is 0 Å². The van der Waals surface area contributed by atoms with E-state index in [1.807, 2.05) is 4.90 Å². The van der Waals surface area contributed by atoms with Crippen molar-refractivity contribution in [2.24, 2.45) is 5.73 Å². The van der Waals surface area contributed by atoms with Gasteiger partial charge in [-0.2, -0.15) is 0 Å². The van der Waals surface area contributed by atoms with Crippen molar-refractivity contribution < 1.29 is 4.79 Å². The molecule has 4 rings (SSSR count). The molecule has 1 aliphatic carbocycles. The standard InChI is InChI=1S/C17H23N5O2/c18-17(7-2-3-8-17)16(24)21-10-4-1-5-13(21)12-11-15(23)22-14(20-12)6-9-19-22/h6,9,11,13,19H,1-5,7-8,10,18H2/t13-/m1/s1. The van der Waals surface area contributed by atoms with Crippen molar-refractivity contribution in [1.82, 2.24) is 19.5 Å². The second kappa shape index (κ2) is 5.73. The number of rotatable bonds is 2. The summed E-state index contributed by atoms with van der Waals surface area (Å²) in [5.41, 5.74) is 6.77. The zero-order chi connectivity index (χ0) is 16.7. The fourth-order valence-electron chi connectivity index (χ4n) is 4.11. The molecule has 7 nitrogen and oxygen atoms in total. The highest BCUT2D eigenvalue weighted by Gasteiger charge is 2.43. The molecule has 128 valence electrons. The number of amides is 1. The fraction of sp³-hybridized carbons (Fsp3) is 0.588. The SMILES string of the molecule is NC1(C(=O)N2CCCC[C@@H]2c2cc(=O)n3[nH]ccc3n2)CCCC1. The summed E-state index contributed by atoms with van der Waals surface area (Å²) in [6.45, 7) is 0.691. The molecule has 0 radical (unpaired) electrons. The molecule has 1 aliphatic heterocycles. The molecule has 2 aromatic heterocycles. The largest absolute Gasteiger partial charge is 0.332 e. The van der Waals surface area contributed by atoms with Crippen LogP contribution in [0, 0.1) is 0 Å². The fourth-order valence-corrected chi connectivity index (χ4v) is 4.11. The number of H-pyrrole nitrogens is 1. The highest BCUT2D eigenvalue weighted by atomic mass is 16.2. The Kier molecular flexibility index (Phi) is 3.68. The average Bonchev–Trinajstić information content (AvgIpc) is 3.24. The lowest BCUT2D eigenvalue weighted by Gasteiger charge is -2.39. The van der Waals surface area contributed by atoms with Crippen LogP contribution in [-0.2, 0) is 4.79 Å². The van der Waals surface area contributed by atoms with E-state index in [1.165, 1.54) is 10.6 Å². The first kappa shape index (κ1) is 15.4. The normalized spacial score (nSPS) is 23.7. The van der Waals surface area contributed by atoms with E-state index in [1.54, 1.807) is 12.3 Å². The molecule has 1 saturated carbocycles. The van der Waals surface area contributed by atoms with Crippen LogP contribution >= 0.6 is 0 Å². The first-order chi connectivity index (χ1) is 11.6. The van der Waals surface area contributed by atoms with Gasteiger partial charge in [-0.3, -0.25) is 14.7 Å². The Bertz CT molecular complexity index is 818. The average molecular weight is 329 g/mol. The highest BCUT2D eigenvalue weighted by Crippen LogP contribution is 2.35. The summed E-state index contributed by atoms with van der Waals surface area (Å²) in [5, 5.41) is 2.84. The van der Waals surface area contributed by atoms with Gasteiger partial charge < -0.3 is 10.6 Å². The lowest BCUT2D eigenvalue weighted by atomic mass is 9.92. The summed E-state index contributed by atoms with van der Waals surface area (Å²) in [7, 11) is 0. The number of likely N-dealkylation sites (tertiary alicyclic amines) is 1. The van der Waals surface area contributed by atoms with Gasteiger partial charge in [0.2, 0.25) is 5.91 Å². The number of hydrogen-bond acceptors (Lipinski definition) is 4. The number of nitrogens with one attached hydrogen (secondary N) is 1. The van der Waals surface area contributed by atoms with Crippen LogP contribution in [0.25, 0.3) is 5.65 Å². The number of piperidine rings is 1. The third-order valence-corrected chi connectivity index (χ3v) is 5.43. The number of nitrogens with zero attached hydrogens (tertiary/aromatic N) is 3. The molecule has 24 heavy (non-hydrogen) atoms. The topological polar surface area (TPSA) is 96.5 Å². The second-order valence-corrected chi connectivity index (χ2v) is 7.05. The quantitative estimate of drug-likeness (QED) is 0.869.